The standard InChI is InChI=1S/C13H15N3/c1-4-7-16-13-9-15-10-14-8-11(2)5-6-12(13)3/h4-8,10H,1-2,9H2,3H3/b6-5-,13-12+,14-8?,15-10?,16-7?. The minimum atomic E-state index is 0.518. The molecule has 0 saturated heterocycles. The zero-order chi connectivity index (χ0) is 11.8. The highest BCUT2D eigenvalue weighted by atomic mass is 14.9. The second-order valence-corrected chi connectivity index (χ2v) is 3.29. The van der Waals surface area contributed by atoms with Gasteiger partial charge in [-0.2, -0.15) is 0 Å². The van der Waals surface area contributed by atoms with Crippen LogP contribution in [0.1, 0.15) is 6.92 Å². The van der Waals surface area contributed by atoms with Crippen LogP contribution in [0.5, 0.6) is 0 Å². The molecule has 1 aliphatic rings. The van der Waals surface area contributed by atoms with Gasteiger partial charge in [0.05, 0.1) is 12.2 Å². The summed E-state index contributed by atoms with van der Waals surface area (Å²) in [6, 6.07) is 0. The number of allylic oxidation sites excluding steroid dienone is 5. The summed E-state index contributed by atoms with van der Waals surface area (Å²) >= 11 is 0. The SMILES string of the molecule is C=CC=N/C1=C(C)/C=C\C(=C)C=NC=NC1. The van der Waals surface area contributed by atoms with Crippen LogP contribution in [-0.4, -0.2) is 25.3 Å². The van der Waals surface area contributed by atoms with Crippen LogP contribution in [0.15, 0.2) is 63.2 Å². The quantitative estimate of drug-likeness (QED) is 0.632. The van der Waals surface area contributed by atoms with Crippen LogP contribution in [0.4, 0.5) is 0 Å². The van der Waals surface area contributed by atoms with Gasteiger partial charge < -0.3 is 0 Å². The molecule has 0 N–H and O–H groups in total. The maximum Gasteiger partial charge on any atom is 0.110 e. The average molecular weight is 213 g/mol. The van der Waals surface area contributed by atoms with Crippen LogP contribution >= 0.6 is 0 Å². The molecule has 0 amide bonds. The Balaban J connectivity index is 3.01. The largest absolute Gasteiger partial charge is 0.267 e. The minimum absolute atomic E-state index is 0.518. The maximum atomic E-state index is 4.27. The molecule has 0 unspecified atom stereocenters. The minimum Gasteiger partial charge on any atom is -0.267 e. The van der Waals surface area contributed by atoms with Crippen LogP contribution in [0, 0.1) is 0 Å². The summed E-state index contributed by atoms with van der Waals surface area (Å²) in [5.74, 6) is 0. The molecule has 82 valence electrons. The zero-order valence-corrected chi connectivity index (χ0v) is 9.43. The predicted molar refractivity (Wildman–Crippen MR) is 71.5 cm³/mol. The van der Waals surface area contributed by atoms with Gasteiger partial charge in [-0.15, -0.1) is 0 Å². The third-order valence-electron chi connectivity index (χ3n) is 1.97. The van der Waals surface area contributed by atoms with Gasteiger partial charge in [0.1, 0.15) is 6.34 Å². The van der Waals surface area contributed by atoms with Gasteiger partial charge in [-0.05, 0) is 18.1 Å². The Kier molecular flexibility index (Phi) is 4.86. The van der Waals surface area contributed by atoms with Gasteiger partial charge in [0.2, 0.25) is 0 Å². The van der Waals surface area contributed by atoms with Crippen molar-refractivity contribution in [2.24, 2.45) is 15.0 Å². The molecule has 0 radical (unpaired) electrons. The molecule has 0 aromatic rings. The first-order valence-electron chi connectivity index (χ1n) is 4.97. The molecular formula is C13H15N3. The van der Waals surface area contributed by atoms with Gasteiger partial charge in [-0.3, -0.25) is 9.98 Å². The van der Waals surface area contributed by atoms with Crippen molar-refractivity contribution in [2.45, 2.75) is 6.92 Å². The number of nitrogens with zero attached hydrogens (tertiary/aromatic N) is 3. The van der Waals surface area contributed by atoms with E-state index in [9.17, 15) is 0 Å². The molecule has 0 bridgehead atoms. The van der Waals surface area contributed by atoms with E-state index < -0.39 is 0 Å². The van der Waals surface area contributed by atoms with Gasteiger partial charge in [-0.1, -0.05) is 31.4 Å². The molecule has 16 heavy (non-hydrogen) atoms. The molecule has 3 nitrogen and oxygen atoms in total. The molecule has 0 spiro atoms. The summed E-state index contributed by atoms with van der Waals surface area (Å²) in [7, 11) is 0. The molecule has 0 aliphatic carbocycles. The van der Waals surface area contributed by atoms with E-state index in [2.05, 4.69) is 28.1 Å². The maximum absolute atomic E-state index is 4.27. The zero-order valence-electron chi connectivity index (χ0n) is 9.43. The van der Waals surface area contributed by atoms with Gasteiger partial charge in [0.15, 0.2) is 0 Å². The third kappa shape index (κ3) is 4.00. The van der Waals surface area contributed by atoms with E-state index in [0.29, 0.717) is 6.54 Å². The molecular weight excluding hydrogens is 198 g/mol. The first kappa shape index (κ1) is 12.0. The summed E-state index contributed by atoms with van der Waals surface area (Å²) in [4.78, 5) is 12.4. The van der Waals surface area contributed by atoms with E-state index in [-0.39, 0.29) is 0 Å². The predicted octanol–water partition coefficient (Wildman–Crippen LogP) is 2.74. The van der Waals surface area contributed by atoms with Crippen LogP contribution < -0.4 is 0 Å². The molecule has 0 saturated carbocycles. The molecule has 0 fully saturated rings. The van der Waals surface area contributed by atoms with Crippen LogP contribution in [0.3, 0.4) is 0 Å². The number of hydrogen-bond acceptors (Lipinski definition) is 3. The number of hydrogen-bond donors (Lipinski definition) is 0. The smallest absolute Gasteiger partial charge is 0.110 e. The Labute approximate surface area is 96.0 Å². The lowest BCUT2D eigenvalue weighted by Gasteiger charge is -2.02. The van der Waals surface area contributed by atoms with Crippen molar-refractivity contribution < 1.29 is 0 Å². The van der Waals surface area contributed by atoms with Crippen molar-refractivity contribution >= 4 is 18.8 Å². The van der Waals surface area contributed by atoms with E-state index in [1.54, 1.807) is 18.5 Å². The number of aliphatic imine (C=N–C) groups is 3. The van der Waals surface area contributed by atoms with Gasteiger partial charge in [0, 0.05) is 12.4 Å². The van der Waals surface area contributed by atoms with E-state index >= 15 is 0 Å². The van der Waals surface area contributed by atoms with E-state index in [4.69, 9.17) is 0 Å². The molecule has 0 aromatic heterocycles. The molecule has 1 rings (SSSR count). The second kappa shape index (κ2) is 6.45. The Bertz CT molecular complexity index is 420. The third-order valence-corrected chi connectivity index (χ3v) is 1.97. The van der Waals surface area contributed by atoms with Crippen LogP contribution in [-0.2, 0) is 0 Å². The Morgan fingerprint density at radius 2 is 2.25 bits per heavy atom. The lowest BCUT2D eigenvalue weighted by molar-refractivity contribution is 1.08. The average Bonchev–Trinajstić information content (AvgIpc) is 2.29. The molecule has 1 heterocycles. The fourth-order valence-electron chi connectivity index (χ4n) is 1.08. The van der Waals surface area contributed by atoms with Crippen molar-refractivity contribution in [1.82, 2.24) is 0 Å². The second-order valence-electron chi connectivity index (χ2n) is 3.29. The van der Waals surface area contributed by atoms with Gasteiger partial charge in [0.25, 0.3) is 0 Å². The molecule has 0 atom stereocenters. The fourth-order valence-corrected chi connectivity index (χ4v) is 1.08. The van der Waals surface area contributed by atoms with E-state index in [1.165, 1.54) is 6.34 Å². The Morgan fingerprint density at radius 3 is 3.00 bits per heavy atom. The summed E-state index contributed by atoms with van der Waals surface area (Å²) in [6.07, 6.45) is 10.4. The van der Waals surface area contributed by atoms with Crippen molar-refractivity contribution in [1.29, 1.82) is 0 Å². The lowest BCUT2D eigenvalue weighted by Crippen LogP contribution is -1.92. The first-order valence-corrected chi connectivity index (χ1v) is 4.97. The molecule has 0 aromatic carbocycles. The monoisotopic (exact) mass is 213 g/mol. The topological polar surface area (TPSA) is 37.1 Å². The Hall–Kier alpha value is -2.03. The van der Waals surface area contributed by atoms with E-state index in [0.717, 1.165) is 16.8 Å². The van der Waals surface area contributed by atoms with Gasteiger partial charge in [-0.25, -0.2) is 4.99 Å². The highest BCUT2D eigenvalue weighted by Gasteiger charge is 1.97. The summed E-state index contributed by atoms with van der Waals surface area (Å²) in [6.45, 7) is 9.94. The van der Waals surface area contributed by atoms with Crippen molar-refractivity contribution in [2.75, 3.05) is 6.54 Å². The molecule has 3 heteroatoms. The van der Waals surface area contributed by atoms with E-state index in [1.807, 2.05) is 19.1 Å². The van der Waals surface area contributed by atoms with Crippen molar-refractivity contribution in [3.8, 4) is 0 Å². The summed E-state index contributed by atoms with van der Waals surface area (Å²) in [5.41, 5.74) is 2.80. The number of rotatable bonds is 2. The first-order chi connectivity index (χ1) is 7.74. The van der Waals surface area contributed by atoms with Crippen LogP contribution in [0.25, 0.3) is 0 Å². The highest BCUT2D eigenvalue weighted by molar-refractivity contribution is 5.87. The Morgan fingerprint density at radius 1 is 1.44 bits per heavy atom. The summed E-state index contributed by atoms with van der Waals surface area (Å²) in [5, 5.41) is 0. The highest BCUT2D eigenvalue weighted by Crippen LogP contribution is 2.09. The van der Waals surface area contributed by atoms with Crippen molar-refractivity contribution in [3.05, 3.63) is 48.2 Å². The lowest BCUT2D eigenvalue weighted by atomic mass is 10.2. The van der Waals surface area contributed by atoms with Crippen molar-refractivity contribution in [3.63, 3.8) is 0 Å². The van der Waals surface area contributed by atoms with Gasteiger partial charge >= 0.3 is 0 Å². The summed E-state index contributed by atoms with van der Waals surface area (Å²) < 4.78 is 0. The normalized spacial score (nSPS) is 23.7. The fraction of sp³-hybridized carbons (Fsp3) is 0.154. The van der Waals surface area contributed by atoms with Crippen LogP contribution in [0.2, 0.25) is 0 Å². The molecule has 1 aliphatic heterocycles.